The summed E-state index contributed by atoms with van der Waals surface area (Å²) >= 11 is 0. The standard InChI is InChI=1S/C16H17NOS/c1-19(18)10-16(17)12-6-7-15-13(9-12)8-11-4-2-3-5-14(11)15/h2-7,9,16H,8,10,17H2,1H3. The predicted octanol–water partition coefficient (Wildman–Crippen LogP) is 2.64. The number of hydrogen-bond acceptors (Lipinski definition) is 2. The summed E-state index contributed by atoms with van der Waals surface area (Å²) in [6.07, 6.45) is 2.67. The topological polar surface area (TPSA) is 43.1 Å². The number of benzene rings is 2. The van der Waals surface area contributed by atoms with Crippen LogP contribution in [0.25, 0.3) is 11.1 Å². The third-order valence-corrected chi connectivity index (χ3v) is 4.49. The first-order valence-electron chi connectivity index (χ1n) is 6.42. The molecule has 19 heavy (non-hydrogen) atoms. The van der Waals surface area contributed by atoms with Crippen molar-refractivity contribution < 1.29 is 4.21 Å². The van der Waals surface area contributed by atoms with Gasteiger partial charge in [-0.1, -0.05) is 42.5 Å². The lowest BCUT2D eigenvalue weighted by atomic mass is 10.0. The first-order chi connectivity index (χ1) is 9.15. The van der Waals surface area contributed by atoms with Crippen molar-refractivity contribution in [2.75, 3.05) is 12.0 Å². The van der Waals surface area contributed by atoms with Gasteiger partial charge in [-0.2, -0.15) is 0 Å². The van der Waals surface area contributed by atoms with Crippen LogP contribution in [0.15, 0.2) is 42.5 Å². The lowest BCUT2D eigenvalue weighted by molar-refractivity contribution is 0.679. The summed E-state index contributed by atoms with van der Waals surface area (Å²) in [6, 6.07) is 14.8. The molecule has 3 heteroatoms. The molecular formula is C16H17NOS. The van der Waals surface area contributed by atoms with Crippen molar-refractivity contribution in [3.8, 4) is 11.1 Å². The highest BCUT2D eigenvalue weighted by atomic mass is 32.2. The van der Waals surface area contributed by atoms with Crippen molar-refractivity contribution >= 4 is 10.8 Å². The van der Waals surface area contributed by atoms with Crippen LogP contribution in [-0.4, -0.2) is 16.2 Å². The van der Waals surface area contributed by atoms with Crippen LogP contribution in [-0.2, 0) is 17.2 Å². The van der Waals surface area contributed by atoms with Gasteiger partial charge in [0.25, 0.3) is 0 Å². The molecule has 2 aromatic rings. The van der Waals surface area contributed by atoms with Crippen LogP contribution in [0, 0.1) is 0 Å². The maximum Gasteiger partial charge on any atom is 0.0425 e. The molecule has 0 aliphatic heterocycles. The fourth-order valence-corrected chi connectivity index (χ4v) is 3.44. The van der Waals surface area contributed by atoms with E-state index in [1.165, 1.54) is 22.3 Å². The Morgan fingerprint density at radius 3 is 2.68 bits per heavy atom. The zero-order valence-corrected chi connectivity index (χ0v) is 11.7. The fourth-order valence-electron chi connectivity index (χ4n) is 2.74. The maximum absolute atomic E-state index is 11.3. The SMILES string of the molecule is CS(=O)CC(N)c1ccc2c(c1)Cc1ccccc1-2. The third-order valence-electron chi connectivity index (χ3n) is 3.66. The van der Waals surface area contributed by atoms with Crippen molar-refractivity contribution in [2.24, 2.45) is 5.73 Å². The van der Waals surface area contributed by atoms with Gasteiger partial charge in [-0.05, 0) is 34.2 Å². The minimum Gasteiger partial charge on any atom is -0.323 e. The van der Waals surface area contributed by atoms with Crippen LogP contribution >= 0.6 is 0 Å². The van der Waals surface area contributed by atoms with E-state index in [1.54, 1.807) is 6.26 Å². The molecule has 0 amide bonds. The van der Waals surface area contributed by atoms with Gasteiger partial charge in [-0.3, -0.25) is 4.21 Å². The molecule has 0 heterocycles. The van der Waals surface area contributed by atoms with E-state index in [2.05, 4.69) is 42.5 Å². The number of fused-ring (bicyclic) bond motifs is 3. The van der Waals surface area contributed by atoms with E-state index < -0.39 is 10.8 Å². The molecule has 1 aliphatic rings. The number of hydrogen-bond donors (Lipinski definition) is 1. The first kappa shape index (κ1) is 12.6. The minimum atomic E-state index is -0.859. The Hall–Kier alpha value is -1.45. The lowest BCUT2D eigenvalue weighted by Crippen LogP contribution is -2.17. The van der Waals surface area contributed by atoms with Crippen molar-refractivity contribution in [1.29, 1.82) is 0 Å². The zero-order chi connectivity index (χ0) is 13.4. The summed E-state index contributed by atoms with van der Waals surface area (Å²) < 4.78 is 11.3. The first-order valence-corrected chi connectivity index (χ1v) is 8.14. The second-order valence-corrected chi connectivity index (χ2v) is 6.58. The van der Waals surface area contributed by atoms with Gasteiger partial charge in [0.1, 0.15) is 0 Å². The third kappa shape index (κ3) is 2.36. The van der Waals surface area contributed by atoms with Crippen LogP contribution in [0.1, 0.15) is 22.7 Å². The van der Waals surface area contributed by atoms with E-state index in [4.69, 9.17) is 5.73 Å². The Bertz CT molecular complexity index is 651. The van der Waals surface area contributed by atoms with Crippen molar-refractivity contribution in [3.63, 3.8) is 0 Å². The molecule has 0 radical (unpaired) electrons. The van der Waals surface area contributed by atoms with Gasteiger partial charge in [-0.25, -0.2) is 0 Å². The van der Waals surface area contributed by atoms with Gasteiger partial charge in [0.2, 0.25) is 0 Å². The van der Waals surface area contributed by atoms with Crippen LogP contribution in [0.3, 0.4) is 0 Å². The summed E-state index contributed by atoms with van der Waals surface area (Å²) in [6.45, 7) is 0. The Morgan fingerprint density at radius 1 is 1.16 bits per heavy atom. The van der Waals surface area contributed by atoms with Crippen molar-refractivity contribution in [1.82, 2.24) is 0 Å². The Morgan fingerprint density at radius 2 is 1.89 bits per heavy atom. The molecule has 1 aliphatic carbocycles. The number of nitrogens with two attached hydrogens (primary N) is 1. The summed E-state index contributed by atoms with van der Waals surface area (Å²) in [5.74, 6) is 0.520. The van der Waals surface area contributed by atoms with Gasteiger partial charge < -0.3 is 5.73 Å². The number of rotatable bonds is 3. The fraction of sp³-hybridized carbons (Fsp3) is 0.250. The van der Waals surface area contributed by atoms with E-state index >= 15 is 0 Å². The van der Waals surface area contributed by atoms with Gasteiger partial charge >= 0.3 is 0 Å². The average molecular weight is 271 g/mol. The van der Waals surface area contributed by atoms with Gasteiger partial charge in [0, 0.05) is 28.9 Å². The molecule has 3 rings (SSSR count). The molecule has 0 fully saturated rings. The van der Waals surface area contributed by atoms with E-state index in [-0.39, 0.29) is 6.04 Å². The van der Waals surface area contributed by atoms with E-state index in [1.807, 2.05) is 0 Å². The van der Waals surface area contributed by atoms with Crippen molar-refractivity contribution in [2.45, 2.75) is 12.5 Å². The quantitative estimate of drug-likeness (QED) is 0.796. The molecule has 0 aromatic heterocycles. The zero-order valence-electron chi connectivity index (χ0n) is 10.9. The van der Waals surface area contributed by atoms with Crippen molar-refractivity contribution in [3.05, 3.63) is 59.2 Å². The molecule has 2 N–H and O–H groups in total. The van der Waals surface area contributed by atoms with Crippen LogP contribution in [0.2, 0.25) is 0 Å². The average Bonchev–Trinajstić information content (AvgIpc) is 2.75. The molecule has 0 saturated heterocycles. The van der Waals surface area contributed by atoms with Crippen LogP contribution in [0.4, 0.5) is 0 Å². The molecule has 0 bridgehead atoms. The molecule has 0 saturated carbocycles. The van der Waals surface area contributed by atoms with Gasteiger partial charge in [-0.15, -0.1) is 0 Å². The maximum atomic E-state index is 11.3. The Labute approximate surface area is 116 Å². The second-order valence-electron chi connectivity index (χ2n) is 5.10. The summed E-state index contributed by atoms with van der Waals surface area (Å²) in [4.78, 5) is 0. The highest BCUT2D eigenvalue weighted by molar-refractivity contribution is 7.84. The monoisotopic (exact) mass is 271 g/mol. The van der Waals surface area contributed by atoms with Crippen LogP contribution in [0.5, 0.6) is 0 Å². The largest absolute Gasteiger partial charge is 0.323 e. The Kier molecular flexibility index (Phi) is 3.25. The van der Waals surface area contributed by atoms with E-state index in [0.29, 0.717) is 5.75 Å². The molecule has 2 atom stereocenters. The van der Waals surface area contributed by atoms with E-state index in [9.17, 15) is 4.21 Å². The van der Waals surface area contributed by atoms with Gasteiger partial charge in [0.05, 0.1) is 0 Å². The Balaban J connectivity index is 1.95. The van der Waals surface area contributed by atoms with Crippen LogP contribution < -0.4 is 5.73 Å². The smallest absolute Gasteiger partial charge is 0.0425 e. The summed E-state index contributed by atoms with van der Waals surface area (Å²) in [5.41, 5.74) is 12.5. The molecule has 2 unspecified atom stereocenters. The van der Waals surface area contributed by atoms with E-state index in [0.717, 1.165) is 12.0 Å². The highest BCUT2D eigenvalue weighted by Crippen LogP contribution is 2.37. The highest BCUT2D eigenvalue weighted by Gasteiger charge is 2.19. The molecular weight excluding hydrogens is 254 g/mol. The minimum absolute atomic E-state index is 0.139. The molecule has 98 valence electrons. The normalized spacial score (nSPS) is 15.7. The van der Waals surface area contributed by atoms with Gasteiger partial charge in [0.15, 0.2) is 0 Å². The molecule has 0 spiro atoms. The summed E-state index contributed by atoms with van der Waals surface area (Å²) in [5, 5.41) is 0. The summed E-state index contributed by atoms with van der Waals surface area (Å²) in [7, 11) is -0.859. The predicted molar refractivity (Wildman–Crippen MR) is 80.5 cm³/mol. The molecule has 2 nitrogen and oxygen atoms in total. The second kappa shape index (κ2) is 4.91. The molecule has 2 aromatic carbocycles. The lowest BCUT2D eigenvalue weighted by Gasteiger charge is -2.12.